The Kier molecular flexibility index (Phi) is 746. The predicted octanol–water partition coefficient (Wildman–Crippen LogP) is 4.35. The predicted molar refractivity (Wildman–Crippen MR) is 47.5 cm³/mol. The smallest absolute Gasteiger partial charge is 0 e. The van der Waals surface area contributed by atoms with Crippen LogP contribution in [0.3, 0.4) is 0 Å². The Balaban J connectivity index is -0.00000000357. The molecule has 0 fully saturated rings. The summed E-state index contributed by atoms with van der Waals surface area (Å²) in [5.41, 5.74) is 0. The van der Waals surface area contributed by atoms with Gasteiger partial charge in [0.15, 0.2) is 0 Å². The van der Waals surface area contributed by atoms with Gasteiger partial charge in [0, 0.05) is 32.7 Å². The Morgan fingerprint density at radius 2 is 0.778 bits per heavy atom. The second-order valence-corrected chi connectivity index (χ2v) is 0.707. The van der Waals surface area contributed by atoms with Gasteiger partial charge in [0.2, 0.25) is 0 Å². The first-order valence-electron chi connectivity index (χ1n) is 2.41. The second kappa shape index (κ2) is 135. The van der Waals surface area contributed by atoms with Gasteiger partial charge in [-0.05, 0) is 0 Å². The van der Waals surface area contributed by atoms with Crippen molar-refractivity contribution in [2.24, 2.45) is 0 Å². The molecular weight excluding hydrogens is 185 g/mol. The maximum atomic E-state index is 2.12. The molecule has 0 spiro atoms. The molecule has 0 aromatic heterocycles. The van der Waals surface area contributed by atoms with E-state index in [1.165, 1.54) is 6.42 Å². The van der Waals surface area contributed by atoms with Crippen LogP contribution >= 0.6 is 0 Å². The van der Waals surface area contributed by atoms with Crippen LogP contribution < -0.4 is 0 Å². The van der Waals surface area contributed by atoms with E-state index in [1.54, 1.807) is 0 Å². The van der Waals surface area contributed by atoms with Crippen LogP contribution in [0.2, 0.25) is 0 Å². The van der Waals surface area contributed by atoms with Crippen LogP contribution in [-0.4, -0.2) is 0 Å². The molecule has 0 unspecified atom stereocenters. The van der Waals surface area contributed by atoms with Crippen molar-refractivity contribution in [1.29, 1.82) is 0 Å². The fourth-order valence-electron chi connectivity index (χ4n) is 0. The van der Waals surface area contributed by atoms with Gasteiger partial charge < -0.3 is 0 Å². The molecule has 0 aromatic carbocycles. The minimum absolute atomic E-state index is 0. The average Bonchev–Trinajstić information content (AvgIpc) is 1.46. The molecule has 9 heavy (non-hydrogen) atoms. The van der Waals surface area contributed by atoms with Gasteiger partial charge in [-0.15, -0.1) is 0 Å². The quantitative estimate of drug-likeness (QED) is 0.558. The summed E-state index contributed by atoms with van der Waals surface area (Å²) in [4.78, 5) is 0. The van der Waals surface area contributed by atoms with E-state index in [0.29, 0.717) is 0 Å². The van der Waals surface area contributed by atoms with E-state index < -0.39 is 0 Å². The summed E-state index contributed by atoms with van der Waals surface area (Å²) in [6.45, 7) is 8.25. The number of rotatable bonds is 0. The van der Waals surface area contributed by atoms with Crippen molar-refractivity contribution in [2.45, 2.75) is 56.4 Å². The standard InChI is InChI=1S/C3H8.C2H6.3CH4.Y/c1-3-2;1-2;;;;/h3H2,1-2H3;1-2H3;3*1H4;. The third kappa shape index (κ3) is 377. The second-order valence-electron chi connectivity index (χ2n) is 0.707. The largest absolute Gasteiger partial charge is 0.0776 e. The molecule has 0 aromatic rings. The van der Waals surface area contributed by atoms with Crippen LogP contribution in [0.15, 0.2) is 0 Å². The molecule has 0 heterocycles. The van der Waals surface area contributed by atoms with Gasteiger partial charge >= 0.3 is 0 Å². The molecule has 0 aliphatic carbocycles. The van der Waals surface area contributed by atoms with Gasteiger partial charge in [-0.25, -0.2) is 0 Å². The van der Waals surface area contributed by atoms with Gasteiger partial charge in [0.05, 0.1) is 0 Å². The summed E-state index contributed by atoms with van der Waals surface area (Å²) in [5, 5.41) is 0. The van der Waals surface area contributed by atoms with Crippen molar-refractivity contribution >= 4 is 0 Å². The minimum Gasteiger partial charge on any atom is -0.0776 e. The monoisotopic (exact) mass is 211 g/mol. The molecule has 0 nitrogen and oxygen atoms in total. The van der Waals surface area contributed by atoms with E-state index in [9.17, 15) is 0 Å². The minimum atomic E-state index is 0. The molecule has 0 atom stereocenters. The van der Waals surface area contributed by atoms with Crippen LogP contribution in [0, 0.1) is 0 Å². The van der Waals surface area contributed by atoms with Crippen LogP contribution in [0.4, 0.5) is 0 Å². The zero-order valence-corrected chi connectivity index (χ0v) is 8.12. The molecule has 1 heteroatoms. The van der Waals surface area contributed by atoms with E-state index in [-0.39, 0.29) is 55.0 Å². The molecule has 0 saturated heterocycles. The summed E-state index contributed by atoms with van der Waals surface area (Å²) in [6.07, 6.45) is 1.25. The Hall–Kier alpha value is 1.10. The van der Waals surface area contributed by atoms with E-state index in [1.807, 2.05) is 13.8 Å². The van der Waals surface area contributed by atoms with Gasteiger partial charge in [-0.2, -0.15) is 0 Å². The molecule has 0 rings (SSSR count). The van der Waals surface area contributed by atoms with E-state index in [0.717, 1.165) is 0 Å². The maximum absolute atomic E-state index is 2.12. The topological polar surface area (TPSA) is 0 Å². The first-order chi connectivity index (χ1) is 2.41. The molecular formula is C8H26Y. The van der Waals surface area contributed by atoms with Gasteiger partial charge in [-0.3, -0.25) is 0 Å². The van der Waals surface area contributed by atoms with E-state index >= 15 is 0 Å². The summed E-state index contributed by atoms with van der Waals surface area (Å²) < 4.78 is 0. The van der Waals surface area contributed by atoms with Gasteiger partial charge in [0.1, 0.15) is 0 Å². The zero-order chi connectivity index (χ0) is 4.71. The van der Waals surface area contributed by atoms with Crippen LogP contribution in [-0.2, 0) is 32.7 Å². The molecule has 0 bridgehead atoms. The van der Waals surface area contributed by atoms with E-state index in [4.69, 9.17) is 0 Å². The Bertz CT molecular complexity index is 4.53. The maximum Gasteiger partial charge on any atom is 0 e. The SMILES string of the molecule is C.C.C.CC.CCC.[Y]. The summed E-state index contributed by atoms with van der Waals surface area (Å²) in [6, 6.07) is 0. The van der Waals surface area contributed by atoms with Crippen molar-refractivity contribution in [3.05, 3.63) is 0 Å². The third-order valence-electron chi connectivity index (χ3n) is 0. The van der Waals surface area contributed by atoms with Gasteiger partial charge in [-0.1, -0.05) is 56.4 Å². The number of hydrogen-bond acceptors (Lipinski definition) is 0. The summed E-state index contributed by atoms with van der Waals surface area (Å²) in [5.74, 6) is 0. The van der Waals surface area contributed by atoms with Crippen LogP contribution in [0.25, 0.3) is 0 Å². The van der Waals surface area contributed by atoms with Crippen molar-refractivity contribution in [3.63, 3.8) is 0 Å². The Morgan fingerprint density at radius 3 is 0.778 bits per heavy atom. The van der Waals surface area contributed by atoms with Crippen LogP contribution in [0.1, 0.15) is 56.4 Å². The fourth-order valence-corrected chi connectivity index (χ4v) is 0. The first kappa shape index (κ1) is 49.7. The van der Waals surface area contributed by atoms with Crippen molar-refractivity contribution < 1.29 is 32.7 Å². The molecule has 0 saturated carbocycles. The Morgan fingerprint density at radius 1 is 0.778 bits per heavy atom. The summed E-state index contributed by atoms with van der Waals surface area (Å²) in [7, 11) is 0. The number of hydrogen-bond donors (Lipinski definition) is 0. The van der Waals surface area contributed by atoms with Crippen molar-refractivity contribution in [1.82, 2.24) is 0 Å². The van der Waals surface area contributed by atoms with Gasteiger partial charge in [0.25, 0.3) is 0 Å². The molecule has 0 amide bonds. The normalized spacial score (nSPS) is 2.67. The van der Waals surface area contributed by atoms with Crippen LogP contribution in [0.5, 0.6) is 0 Å². The fraction of sp³-hybridized carbons (Fsp3) is 1.00. The van der Waals surface area contributed by atoms with E-state index in [2.05, 4.69) is 13.8 Å². The molecule has 0 aliphatic heterocycles. The van der Waals surface area contributed by atoms with Crippen molar-refractivity contribution in [3.8, 4) is 0 Å². The molecule has 0 N–H and O–H groups in total. The third-order valence-corrected chi connectivity index (χ3v) is 0. The first-order valence-corrected chi connectivity index (χ1v) is 2.41. The molecule has 1 radical (unpaired) electrons. The Labute approximate surface area is 88.7 Å². The zero-order valence-electron chi connectivity index (χ0n) is 5.28. The molecule has 0 aliphatic rings. The average molecular weight is 211 g/mol. The molecule has 61 valence electrons. The summed E-state index contributed by atoms with van der Waals surface area (Å²) >= 11 is 0. The van der Waals surface area contributed by atoms with Crippen molar-refractivity contribution in [2.75, 3.05) is 0 Å².